The van der Waals surface area contributed by atoms with Crippen molar-refractivity contribution in [2.45, 2.75) is 31.7 Å². The SMILES string of the molecule is NCC1CCC(NC(=O)c2[nH]ncc2NC(=O)c2c(F)cccc2F)CC1.[HH]. The van der Waals surface area contributed by atoms with Crippen molar-refractivity contribution < 1.29 is 19.8 Å². The number of aromatic nitrogens is 2. The summed E-state index contributed by atoms with van der Waals surface area (Å²) in [6.07, 6.45) is 4.76. The first-order valence-corrected chi connectivity index (χ1v) is 8.79. The van der Waals surface area contributed by atoms with E-state index in [2.05, 4.69) is 20.8 Å². The van der Waals surface area contributed by atoms with E-state index in [9.17, 15) is 18.4 Å². The lowest BCUT2D eigenvalue weighted by Gasteiger charge is -2.28. The molecule has 0 aliphatic heterocycles. The average molecular weight is 379 g/mol. The van der Waals surface area contributed by atoms with Crippen molar-refractivity contribution >= 4 is 17.5 Å². The number of carbonyl (C=O) groups excluding carboxylic acids is 2. The van der Waals surface area contributed by atoms with Crippen LogP contribution in [-0.4, -0.2) is 34.6 Å². The molecule has 0 unspecified atom stereocenters. The Morgan fingerprint density at radius 3 is 2.48 bits per heavy atom. The molecule has 7 nitrogen and oxygen atoms in total. The van der Waals surface area contributed by atoms with Crippen LogP contribution in [0.25, 0.3) is 0 Å². The van der Waals surface area contributed by atoms with Gasteiger partial charge < -0.3 is 16.4 Å². The van der Waals surface area contributed by atoms with E-state index in [0.29, 0.717) is 12.5 Å². The largest absolute Gasteiger partial charge is 0.348 e. The van der Waals surface area contributed by atoms with Gasteiger partial charge in [0, 0.05) is 7.47 Å². The van der Waals surface area contributed by atoms with E-state index in [1.54, 1.807) is 0 Å². The van der Waals surface area contributed by atoms with Crippen molar-refractivity contribution in [2.75, 3.05) is 11.9 Å². The summed E-state index contributed by atoms with van der Waals surface area (Å²) in [4.78, 5) is 24.7. The molecule has 2 aromatic rings. The zero-order valence-corrected chi connectivity index (χ0v) is 14.6. The molecule has 27 heavy (non-hydrogen) atoms. The lowest BCUT2D eigenvalue weighted by atomic mass is 9.86. The summed E-state index contributed by atoms with van der Waals surface area (Å²) in [6, 6.07) is 3.14. The Labute approximate surface area is 156 Å². The Morgan fingerprint density at radius 1 is 1.19 bits per heavy atom. The van der Waals surface area contributed by atoms with E-state index < -0.39 is 29.0 Å². The summed E-state index contributed by atoms with van der Waals surface area (Å²) in [5.41, 5.74) is 5.03. The minimum absolute atomic E-state index is 0. The molecule has 1 heterocycles. The van der Waals surface area contributed by atoms with Gasteiger partial charge in [0.15, 0.2) is 0 Å². The minimum atomic E-state index is -0.996. The molecule has 5 N–H and O–H groups in total. The average Bonchev–Trinajstić information content (AvgIpc) is 3.10. The van der Waals surface area contributed by atoms with E-state index >= 15 is 0 Å². The number of nitrogens with zero attached hydrogens (tertiary/aromatic N) is 1. The number of benzene rings is 1. The van der Waals surface area contributed by atoms with Crippen molar-refractivity contribution in [1.82, 2.24) is 15.5 Å². The van der Waals surface area contributed by atoms with Crippen LogP contribution in [0.4, 0.5) is 14.5 Å². The Bertz CT molecular complexity index is 817. The number of hydrogen-bond acceptors (Lipinski definition) is 4. The van der Waals surface area contributed by atoms with Crippen LogP contribution in [0.1, 0.15) is 48.0 Å². The van der Waals surface area contributed by atoms with Crippen LogP contribution in [0.15, 0.2) is 24.4 Å². The Hall–Kier alpha value is -2.81. The second-order valence-corrected chi connectivity index (χ2v) is 6.64. The van der Waals surface area contributed by atoms with Gasteiger partial charge in [-0.1, -0.05) is 6.07 Å². The molecule has 0 spiro atoms. The molecular weight excluding hydrogens is 356 g/mol. The number of halogens is 2. The van der Waals surface area contributed by atoms with Crippen LogP contribution in [0.2, 0.25) is 0 Å². The molecule has 2 amide bonds. The highest BCUT2D eigenvalue weighted by atomic mass is 19.1. The minimum Gasteiger partial charge on any atom is -0.348 e. The summed E-state index contributed by atoms with van der Waals surface area (Å²) >= 11 is 0. The van der Waals surface area contributed by atoms with E-state index in [-0.39, 0.29) is 18.8 Å². The van der Waals surface area contributed by atoms with Crippen LogP contribution < -0.4 is 16.4 Å². The highest BCUT2D eigenvalue weighted by Gasteiger charge is 2.25. The summed E-state index contributed by atoms with van der Waals surface area (Å²) in [6.45, 7) is 0.643. The van der Waals surface area contributed by atoms with Gasteiger partial charge in [0.1, 0.15) is 22.9 Å². The van der Waals surface area contributed by atoms with Gasteiger partial charge in [0.05, 0.1) is 11.9 Å². The zero-order valence-electron chi connectivity index (χ0n) is 14.6. The quantitative estimate of drug-likeness (QED) is 0.639. The van der Waals surface area contributed by atoms with Gasteiger partial charge >= 0.3 is 0 Å². The number of aromatic amines is 1. The second kappa shape index (κ2) is 8.26. The predicted molar refractivity (Wildman–Crippen MR) is 97.3 cm³/mol. The number of H-pyrrole nitrogens is 1. The van der Waals surface area contributed by atoms with Crippen LogP contribution >= 0.6 is 0 Å². The monoisotopic (exact) mass is 379 g/mol. The fourth-order valence-electron chi connectivity index (χ4n) is 3.25. The molecule has 1 fully saturated rings. The summed E-state index contributed by atoms with van der Waals surface area (Å²) < 4.78 is 27.5. The Kier molecular flexibility index (Phi) is 5.80. The Balaban J connectivity index is 0.00000280. The predicted octanol–water partition coefficient (Wildman–Crippen LogP) is 2.43. The van der Waals surface area contributed by atoms with E-state index in [1.165, 1.54) is 6.20 Å². The summed E-state index contributed by atoms with van der Waals surface area (Å²) in [7, 11) is 0. The third-order valence-corrected chi connectivity index (χ3v) is 4.82. The molecular formula is C18H23F2N5O2. The van der Waals surface area contributed by atoms with E-state index in [1.807, 2.05) is 0 Å². The van der Waals surface area contributed by atoms with E-state index in [0.717, 1.165) is 43.9 Å². The summed E-state index contributed by atoms with van der Waals surface area (Å²) in [5.74, 6) is -2.93. The van der Waals surface area contributed by atoms with Crippen molar-refractivity contribution in [3.05, 3.63) is 47.3 Å². The molecule has 9 heteroatoms. The number of nitrogens with one attached hydrogen (secondary N) is 3. The van der Waals surface area contributed by atoms with Gasteiger partial charge in [-0.05, 0) is 50.3 Å². The molecule has 3 rings (SSSR count). The van der Waals surface area contributed by atoms with Crippen LogP contribution in [-0.2, 0) is 0 Å². The number of hydrogen-bond donors (Lipinski definition) is 4. The topological polar surface area (TPSA) is 113 Å². The first-order chi connectivity index (χ1) is 13.0. The standard InChI is InChI=1S/C18H21F2N5O2.H2/c19-12-2-1-3-13(20)15(12)17(26)24-14-9-22-25-16(14)18(27)23-11-6-4-10(8-21)5-7-11;/h1-3,9-11H,4-8,21H2,(H,22,25)(H,23,27)(H,24,26);1H. The number of amides is 2. The summed E-state index contributed by atoms with van der Waals surface area (Å²) in [5, 5.41) is 11.5. The fraction of sp³-hybridized carbons (Fsp3) is 0.389. The molecule has 0 atom stereocenters. The molecule has 1 aliphatic carbocycles. The van der Waals surface area contributed by atoms with Gasteiger partial charge in [0.2, 0.25) is 0 Å². The number of anilines is 1. The number of rotatable bonds is 5. The highest BCUT2D eigenvalue weighted by molar-refractivity contribution is 6.08. The molecule has 0 bridgehead atoms. The fourth-order valence-corrected chi connectivity index (χ4v) is 3.25. The first kappa shape index (κ1) is 19.0. The van der Waals surface area contributed by atoms with Crippen molar-refractivity contribution in [3.63, 3.8) is 0 Å². The van der Waals surface area contributed by atoms with Gasteiger partial charge in [0.25, 0.3) is 11.8 Å². The molecule has 1 aromatic heterocycles. The van der Waals surface area contributed by atoms with Crippen LogP contribution in [0.3, 0.4) is 0 Å². The number of nitrogens with two attached hydrogens (primary N) is 1. The maximum absolute atomic E-state index is 13.7. The highest BCUT2D eigenvalue weighted by Crippen LogP contribution is 2.24. The number of carbonyl (C=O) groups is 2. The second-order valence-electron chi connectivity index (χ2n) is 6.64. The molecule has 1 aromatic carbocycles. The molecule has 1 aliphatic rings. The normalized spacial score (nSPS) is 19.5. The third-order valence-electron chi connectivity index (χ3n) is 4.82. The molecule has 0 saturated heterocycles. The van der Waals surface area contributed by atoms with Gasteiger partial charge in [-0.2, -0.15) is 5.10 Å². The van der Waals surface area contributed by atoms with Crippen molar-refractivity contribution in [3.8, 4) is 0 Å². The van der Waals surface area contributed by atoms with E-state index in [4.69, 9.17) is 5.73 Å². The lowest BCUT2D eigenvalue weighted by molar-refractivity contribution is 0.0918. The van der Waals surface area contributed by atoms with Gasteiger partial charge in [-0.15, -0.1) is 0 Å². The first-order valence-electron chi connectivity index (χ1n) is 8.79. The molecule has 1 saturated carbocycles. The van der Waals surface area contributed by atoms with Crippen molar-refractivity contribution in [2.24, 2.45) is 11.7 Å². The third kappa shape index (κ3) is 4.30. The van der Waals surface area contributed by atoms with Gasteiger partial charge in [-0.3, -0.25) is 14.7 Å². The van der Waals surface area contributed by atoms with Crippen LogP contribution in [0.5, 0.6) is 0 Å². The molecule has 0 radical (unpaired) electrons. The Morgan fingerprint density at radius 2 is 1.85 bits per heavy atom. The maximum atomic E-state index is 13.7. The smallest absolute Gasteiger partial charge is 0.271 e. The van der Waals surface area contributed by atoms with Gasteiger partial charge in [-0.25, -0.2) is 8.78 Å². The zero-order chi connectivity index (χ0) is 19.4. The molecule has 146 valence electrons. The van der Waals surface area contributed by atoms with Crippen LogP contribution in [0, 0.1) is 17.6 Å². The maximum Gasteiger partial charge on any atom is 0.271 e. The van der Waals surface area contributed by atoms with Crippen molar-refractivity contribution in [1.29, 1.82) is 0 Å². The lowest BCUT2D eigenvalue weighted by Crippen LogP contribution is -2.39.